The highest BCUT2D eigenvalue weighted by Gasteiger charge is 2.01. The van der Waals surface area contributed by atoms with Crippen molar-refractivity contribution in [3.05, 3.63) is 65.2 Å². The minimum absolute atomic E-state index is 0.399. The second-order valence-electron chi connectivity index (χ2n) is 5.06. The summed E-state index contributed by atoms with van der Waals surface area (Å²) in [5.41, 5.74) is 3.20. The molecule has 0 saturated carbocycles. The molecule has 20 heavy (non-hydrogen) atoms. The Hall–Kier alpha value is -2.09. The molecule has 0 atom stereocenters. The number of aldehydes is 1. The quantitative estimate of drug-likeness (QED) is 0.846. The minimum atomic E-state index is 0.399. The van der Waals surface area contributed by atoms with Gasteiger partial charge in [-0.2, -0.15) is 0 Å². The molecule has 0 radical (unpaired) electrons. The van der Waals surface area contributed by atoms with Crippen LogP contribution < -0.4 is 0 Å². The molecule has 0 heterocycles. The van der Waals surface area contributed by atoms with E-state index in [4.69, 9.17) is 0 Å². The van der Waals surface area contributed by atoms with Crippen LogP contribution in [-0.2, 0) is 11.2 Å². The second-order valence-corrected chi connectivity index (χ2v) is 5.06. The molecule has 2 nitrogen and oxygen atoms in total. The van der Waals surface area contributed by atoms with Crippen LogP contribution in [0.4, 0.5) is 0 Å². The smallest absolute Gasteiger partial charge is 0.124 e. The maximum absolute atomic E-state index is 9.97. The predicted octanol–water partition coefficient (Wildman–Crippen LogP) is 4.25. The molecular formula is C18H22O2. The summed E-state index contributed by atoms with van der Waals surface area (Å²) in [6.07, 6.45) is 1.44. The van der Waals surface area contributed by atoms with Crippen LogP contribution in [-0.4, -0.2) is 11.4 Å². The number of aromatic hydroxyl groups is 1. The number of hydrogen-bond acceptors (Lipinski definition) is 2. The van der Waals surface area contributed by atoms with Gasteiger partial charge in [-0.3, -0.25) is 0 Å². The van der Waals surface area contributed by atoms with Crippen molar-refractivity contribution < 1.29 is 9.90 Å². The lowest BCUT2D eigenvalue weighted by atomic mass is 10.0. The molecule has 2 heteroatoms. The van der Waals surface area contributed by atoms with Crippen LogP contribution in [0.1, 0.15) is 36.5 Å². The van der Waals surface area contributed by atoms with Gasteiger partial charge in [0.2, 0.25) is 0 Å². The Morgan fingerprint density at radius 3 is 2.25 bits per heavy atom. The number of phenols is 1. The van der Waals surface area contributed by atoms with E-state index in [1.807, 2.05) is 49.4 Å². The van der Waals surface area contributed by atoms with Crippen LogP contribution >= 0.6 is 0 Å². The van der Waals surface area contributed by atoms with E-state index in [-0.39, 0.29) is 0 Å². The van der Waals surface area contributed by atoms with Gasteiger partial charge in [0.05, 0.1) is 0 Å². The SMILES string of the molecule is Cc1ccc(C(C)C)cc1O.O=CCc1ccccc1. The summed E-state index contributed by atoms with van der Waals surface area (Å²) in [5, 5.41) is 9.35. The summed E-state index contributed by atoms with van der Waals surface area (Å²) in [6.45, 7) is 6.13. The topological polar surface area (TPSA) is 37.3 Å². The molecule has 2 aromatic rings. The molecule has 0 amide bonds. The molecule has 0 unspecified atom stereocenters. The summed E-state index contributed by atoms with van der Waals surface area (Å²) in [6, 6.07) is 15.5. The predicted molar refractivity (Wildman–Crippen MR) is 83.1 cm³/mol. The maximum Gasteiger partial charge on any atom is 0.124 e. The molecule has 0 aliphatic carbocycles. The lowest BCUT2D eigenvalue weighted by molar-refractivity contribution is -0.107. The van der Waals surface area contributed by atoms with Crippen molar-refractivity contribution >= 4 is 6.29 Å². The van der Waals surface area contributed by atoms with Gasteiger partial charge in [0.15, 0.2) is 0 Å². The molecule has 2 aromatic carbocycles. The standard InChI is InChI=1S/C10H14O.C8H8O/c1-7(2)9-5-4-8(3)10(11)6-9;9-7-6-8-4-2-1-3-5-8/h4-7,11H,1-3H3;1-5,7H,6H2. The van der Waals surface area contributed by atoms with E-state index in [0.717, 1.165) is 17.4 Å². The van der Waals surface area contributed by atoms with E-state index in [9.17, 15) is 9.90 Å². The Balaban J connectivity index is 0.000000204. The summed E-state index contributed by atoms with van der Waals surface area (Å²) in [5.74, 6) is 0.887. The number of phenolic OH excluding ortho intramolecular Hbond substituents is 1. The number of aryl methyl sites for hydroxylation is 1. The third-order valence-electron chi connectivity index (χ3n) is 3.06. The van der Waals surface area contributed by atoms with E-state index < -0.39 is 0 Å². The van der Waals surface area contributed by atoms with Gasteiger partial charge in [-0.1, -0.05) is 56.3 Å². The third kappa shape index (κ3) is 5.27. The van der Waals surface area contributed by atoms with Gasteiger partial charge in [0.1, 0.15) is 12.0 Å². The van der Waals surface area contributed by atoms with Crippen molar-refractivity contribution in [1.82, 2.24) is 0 Å². The fourth-order valence-electron chi connectivity index (χ4n) is 1.70. The van der Waals surface area contributed by atoms with E-state index >= 15 is 0 Å². The molecule has 0 saturated heterocycles. The Morgan fingerprint density at radius 2 is 1.75 bits per heavy atom. The van der Waals surface area contributed by atoms with Gasteiger partial charge in [0, 0.05) is 6.42 Å². The number of hydrogen-bond donors (Lipinski definition) is 1. The summed E-state index contributed by atoms with van der Waals surface area (Å²) in [7, 11) is 0. The molecule has 1 N–H and O–H groups in total. The zero-order valence-electron chi connectivity index (χ0n) is 12.3. The van der Waals surface area contributed by atoms with Gasteiger partial charge >= 0.3 is 0 Å². The van der Waals surface area contributed by atoms with Crippen LogP contribution in [0.15, 0.2) is 48.5 Å². The molecule has 0 aromatic heterocycles. The zero-order valence-corrected chi connectivity index (χ0v) is 12.3. The van der Waals surface area contributed by atoms with Crippen LogP contribution in [0.2, 0.25) is 0 Å². The van der Waals surface area contributed by atoms with Crippen molar-refractivity contribution in [3.8, 4) is 5.75 Å². The summed E-state index contributed by atoms with van der Waals surface area (Å²) in [4.78, 5) is 9.97. The van der Waals surface area contributed by atoms with Gasteiger partial charge in [0.25, 0.3) is 0 Å². The number of carbonyl (C=O) groups is 1. The van der Waals surface area contributed by atoms with Crippen LogP contribution in [0.5, 0.6) is 5.75 Å². The Labute approximate surface area is 121 Å². The first kappa shape index (κ1) is 16.0. The van der Waals surface area contributed by atoms with Crippen molar-refractivity contribution in [3.63, 3.8) is 0 Å². The van der Waals surface area contributed by atoms with E-state index in [0.29, 0.717) is 18.1 Å². The number of rotatable bonds is 3. The highest BCUT2D eigenvalue weighted by atomic mass is 16.3. The van der Waals surface area contributed by atoms with Crippen molar-refractivity contribution in [1.29, 1.82) is 0 Å². The van der Waals surface area contributed by atoms with Crippen LogP contribution in [0.3, 0.4) is 0 Å². The van der Waals surface area contributed by atoms with Crippen LogP contribution in [0.25, 0.3) is 0 Å². The van der Waals surface area contributed by atoms with Crippen molar-refractivity contribution in [2.24, 2.45) is 0 Å². The first-order chi connectivity index (χ1) is 9.54. The minimum Gasteiger partial charge on any atom is -0.508 e. The molecular weight excluding hydrogens is 248 g/mol. The van der Waals surface area contributed by atoms with E-state index in [1.54, 1.807) is 0 Å². The molecule has 2 rings (SSSR count). The normalized spacial score (nSPS) is 9.80. The Bertz CT molecular complexity index is 530. The highest BCUT2D eigenvalue weighted by molar-refractivity contribution is 5.54. The Kier molecular flexibility index (Phi) is 6.51. The number of benzene rings is 2. The summed E-state index contributed by atoms with van der Waals surface area (Å²) < 4.78 is 0. The zero-order chi connectivity index (χ0) is 15.0. The first-order valence-electron chi connectivity index (χ1n) is 6.81. The van der Waals surface area contributed by atoms with Crippen molar-refractivity contribution in [2.45, 2.75) is 33.1 Å². The second kappa shape index (κ2) is 8.16. The highest BCUT2D eigenvalue weighted by Crippen LogP contribution is 2.22. The molecule has 0 aliphatic rings. The molecule has 106 valence electrons. The van der Waals surface area contributed by atoms with Gasteiger partial charge in [-0.05, 0) is 35.6 Å². The summed E-state index contributed by atoms with van der Waals surface area (Å²) >= 11 is 0. The molecule has 0 fully saturated rings. The largest absolute Gasteiger partial charge is 0.508 e. The van der Waals surface area contributed by atoms with Crippen LogP contribution in [0, 0.1) is 6.92 Å². The third-order valence-corrected chi connectivity index (χ3v) is 3.06. The molecule has 0 aliphatic heterocycles. The lowest BCUT2D eigenvalue weighted by Gasteiger charge is -2.06. The first-order valence-corrected chi connectivity index (χ1v) is 6.81. The monoisotopic (exact) mass is 270 g/mol. The van der Waals surface area contributed by atoms with Gasteiger partial charge in [-0.25, -0.2) is 0 Å². The molecule has 0 bridgehead atoms. The average molecular weight is 270 g/mol. The van der Waals surface area contributed by atoms with Gasteiger partial charge in [-0.15, -0.1) is 0 Å². The maximum atomic E-state index is 9.97. The fraction of sp³-hybridized carbons (Fsp3) is 0.278. The van der Waals surface area contributed by atoms with E-state index in [1.165, 1.54) is 5.56 Å². The van der Waals surface area contributed by atoms with Gasteiger partial charge < -0.3 is 9.90 Å². The van der Waals surface area contributed by atoms with E-state index in [2.05, 4.69) is 19.9 Å². The lowest BCUT2D eigenvalue weighted by Crippen LogP contribution is -1.86. The number of carbonyl (C=O) groups excluding carboxylic acids is 1. The van der Waals surface area contributed by atoms with Crippen molar-refractivity contribution in [2.75, 3.05) is 0 Å². The fourth-order valence-corrected chi connectivity index (χ4v) is 1.70. The Morgan fingerprint density at radius 1 is 1.10 bits per heavy atom. The molecule has 0 spiro atoms. The average Bonchev–Trinajstić information content (AvgIpc) is 2.44.